The summed E-state index contributed by atoms with van der Waals surface area (Å²) in [5.74, 6) is 1.15. The maximum Gasteiger partial charge on any atom is 0.292 e. The van der Waals surface area contributed by atoms with Crippen LogP contribution in [0.1, 0.15) is 0 Å². The van der Waals surface area contributed by atoms with E-state index in [0.717, 1.165) is 4.88 Å². The minimum Gasteiger partial charge on any atom is -0.493 e. The van der Waals surface area contributed by atoms with Crippen LogP contribution in [0.5, 0.6) is 11.5 Å². The van der Waals surface area contributed by atoms with E-state index in [9.17, 15) is 4.79 Å². The summed E-state index contributed by atoms with van der Waals surface area (Å²) in [6, 6.07) is 8.96. The van der Waals surface area contributed by atoms with E-state index in [-0.39, 0.29) is 11.2 Å². The molecule has 0 bridgehead atoms. The fourth-order valence-electron chi connectivity index (χ4n) is 2.04. The van der Waals surface area contributed by atoms with Gasteiger partial charge in [-0.05, 0) is 23.6 Å². The first-order valence-corrected chi connectivity index (χ1v) is 7.59. The van der Waals surface area contributed by atoms with Gasteiger partial charge in [0.25, 0.3) is 5.56 Å². The number of ether oxygens (including phenoxy) is 2. The first-order chi connectivity index (χ1) is 11.2. The second-order valence-corrected chi connectivity index (χ2v) is 5.47. The number of nitrogens with one attached hydrogen (secondary N) is 2. The van der Waals surface area contributed by atoms with Crippen molar-refractivity contribution in [2.24, 2.45) is 10.2 Å². The van der Waals surface area contributed by atoms with Gasteiger partial charge >= 0.3 is 0 Å². The zero-order valence-corrected chi connectivity index (χ0v) is 13.3. The van der Waals surface area contributed by atoms with E-state index in [4.69, 9.17) is 9.47 Å². The van der Waals surface area contributed by atoms with Crippen molar-refractivity contribution in [2.75, 3.05) is 14.2 Å². The Balaban J connectivity index is 1.95. The van der Waals surface area contributed by atoms with E-state index in [1.54, 1.807) is 32.4 Å². The average molecular weight is 330 g/mol. The van der Waals surface area contributed by atoms with Gasteiger partial charge in [0.05, 0.1) is 24.8 Å². The Labute approximate surface area is 135 Å². The van der Waals surface area contributed by atoms with Gasteiger partial charge in [-0.1, -0.05) is 6.07 Å². The van der Waals surface area contributed by atoms with Crippen LogP contribution in [0.4, 0.5) is 11.4 Å². The highest BCUT2D eigenvalue weighted by molar-refractivity contribution is 7.13. The molecule has 1 aromatic carbocycles. The van der Waals surface area contributed by atoms with Crippen molar-refractivity contribution in [2.45, 2.75) is 0 Å². The number of hydrogen-bond acceptors (Lipinski definition) is 6. The molecule has 0 aliphatic rings. The minimum absolute atomic E-state index is 0.238. The summed E-state index contributed by atoms with van der Waals surface area (Å²) >= 11 is 1.51. The summed E-state index contributed by atoms with van der Waals surface area (Å²) in [6.45, 7) is 0. The molecule has 0 radical (unpaired) electrons. The highest BCUT2D eigenvalue weighted by atomic mass is 32.1. The van der Waals surface area contributed by atoms with Crippen LogP contribution in [0.2, 0.25) is 0 Å². The summed E-state index contributed by atoms with van der Waals surface area (Å²) in [6.07, 6.45) is 0. The molecule has 3 aromatic rings. The number of thiophene rings is 1. The lowest BCUT2D eigenvalue weighted by molar-refractivity contribution is 0.355. The van der Waals surface area contributed by atoms with Crippen LogP contribution < -0.4 is 15.0 Å². The van der Waals surface area contributed by atoms with Crippen molar-refractivity contribution < 1.29 is 9.47 Å². The number of aromatic amines is 2. The molecule has 118 valence electrons. The molecule has 23 heavy (non-hydrogen) atoms. The third-order valence-corrected chi connectivity index (χ3v) is 4.04. The molecule has 0 saturated carbocycles. The number of hydrogen-bond donors (Lipinski definition) is 2. The van der Waals surface area contributed by atoms with Gasteiger partial charge in [0.1, 0.15) is 5.69 Å². The molecule has 3 rings (SSSR count). The predicted octanol–water partition coefficient (Wildman–Crippen LogP) is 3.86. The molecular formula is C15H14N4O3S. The molecule has 0 amide bonds. The number of aromatic nitrogens is 2. The van der Waals surface area contributed by atoms with E-state index in [1.165, 1.54) is 11.3 Å². The smallest absolute Gasteiger partial charge is 0.292 e. The summed E-state index contributed by atoms with van der Waals surface area (Å²) in [7, 11) is 3.11. The maximum atomic E-state index is 11.9. The molecule has 8 heteroatoms. The molecule has 7 nitrogen and oxygen atoms in total. The van der Waals surface area contributed by atoms with Crippen LogP contribution in [0.15, 0.2) is 50.7 Å². The van der Waals surface area contributed by atoms with Crippen LogP contribution in [0.25, 0.3) is 10.6 Å². The number of nitrogens with zero attached hydrogens (tertiary/aromatic N) is 2. The molecule has 2 heterocycles. The standard InChI is InChI=1S/C15H14N4O3S/c1-21-10-6-5-9(8-11(10)22-2)16-18-14-13(17-19-15(14)20)12-4-3-7-23-12/h3-8H,1-2H3,(H2,17,19,20). The summed E-state index contributed by atoms with van der Waals surface area (Å²) in [5, 5.41) is 15.5. The Morgan fingerprint density at radius 1 is 1.04 bits per heavy atom. The number of methoxy groups -OCH3 is 2. The number of H-pyrrole nitrogens is 2. The Morgan fingerprint density at radius 2 is 1.87 bits per heavy atom. The number of azo groups is 1. The quantitative estimate of drug-likeness (QED) is 0.696. The third kappa shape index (κ3) is 3.02. The molecule has 0 atom stereocenters. The summed E-state index contributed by atoms with van der Waals surface area (Å²) < 4.78 is 10.4. The van der Waals surface area contributed by atoms with Crippen LogP contribution >= 0.6 is 11.3 Å². The maximum absolute atomic E-state index is 11.9. The van der Waals surface area contributed by atoms with Gasteiger partial charge in [0.2, 0.25) is 0 Å². The summed E-state index contributed by atoms with van der Waals surface area (Å²) in [5.41, 5.74) is 1.09. The molecule has 0 saturated heterocycles. The molecule has 2 N–H and O–H groups in total. The van der Waals surface area contributed by atoms with Crippen LogP contribution in [-0.2, 0) is 0 Å². The monoisotopic (exact) mass is 330 g/mol. The molecule has 2 aromatic heterocycles. The van der Waals surface area contributed by atoms with Gasteiger partial charge in [-0.15, -0.1) is 16.5 Å². The van der Waals surface area contributed by atoms with E-state index < -0.39 is 0 Å². The Kier molecular flexibility index (Phi) is 4.24. The van der Waals surface area contributed by atoms with Gasteiger partial charge in [0, 0.05) is 6.07 Å². The van der Waals surface area contributed by atoms with Crippen molar-refractivity contribution in [3.63, 3.8) is 0 Å². The second-order valence-electron chi connectivity index (χ2n) is 4.52. The third-order valence-electron chi connectivity index (χ3n) is 3.15. The Bertz CT molecular complexity index is 881. The van der Waals surface area contributed by atoms with Crippen molar-refractivity contribution >= 4 is 22.7 Å². The highest BCUT2D eigenvalue weighted by Crippen LogP contribution is 2.33. The first-order valence-electron chi connectivity index (χ1n) is 6.71. The Morgan fingerprint density at radius 3 is 2.57 bits per heavy atom. The van der Waals surface area contributed by atoms with Crippen LogP contribution in [-0.4, -0.2) is 24.4 Å². The first kappa shape index (κ1) is 15.0. The summed E-state index contributed by atoms with van der Waals surface area (Å²) in [4.78, 5) is 12.8. The highest BCUT2D eigenvalue weighted by Gasteiger charge is 2.12. The minimum atomic E-state index is -0.322. The SMILES string of the molecule is COc1ccc(N=Nc2c(-c3cccs3)[nH][nH]c2=O)cc1OC. The van der Waals surface area contributed by atoms with E-state index in [1.807, 2.05) is 17.5 Å². The molecule has 0 fully saturated rings. The number of rotatable bonds is 5. The van der Waals surface area contributed by atoms with Gasteiger partial charge in [-0.25, -0.2) is 0 Å². The van der Waals surface area contributed by atoms with Crippen molar-refractivity contribution in [3.05, 3.63) is 46.1 Å². The number of benzene rings is 1. The molecule has 0 unspecified atom stereocenters. The molecule has 0 spiro atoms. The lowest BCUT2D eigenvalue weighted by Gasteiger charge is -2.06. The van der Waals surface area contributed by atoms with Gasteiger partial charge in [-0.2, -0.15) is 5.11 Å². The zero-order valence-electron chi connectivity index (χ0n) is 12.5. The normalized spacial score (nSPS) is 11.0. The van der Waals surface area contributed by atoms with Gasteiger partial charge < -0.3 is 9.47 Å². The van der Waals surface area contributed by atoms with E-state index >= 15 is 0 Å². The second kappa shape index (κ2) is 6.49. The van der Waals surface area contributed by atoms with Crippen molar-refractivity contribution in [3.8, 4) is 22.1 Å². The van der Waals surface area contributed by atoms with E-state index in [2.05, 4.69) is 20.4 Å². The fourth-order valence-corrected chi connectivity index (χ4v) is 2.77. The van der Waals surface area contributed by atoms with Crippen LogP contribution in [0, 0.1) is 0 Å². The van der Waals surface area contributed by atoms with Gasteiger partial charge in [0.15, 0.2) is 17.2 Å². The van der Waals surface area contributed by atoms with Crippen molar-refractivity contribution in [1.29, 1.82) is 0 Å². The molecule has 0 aliphatic heterocycles. The lowest BCUT2D eigenvalue weighted by Crippen LogP contribution is -1.96. The topological polar surface area (TPSA) is 91.8 Å². The predicted molar refractivity (Wildman–Crippen MR) is 88.4 cm³/mol. The van der Waals surface area contributed by atoms with Crippen molar-refractivity contribution in [1.82, 2.24) is 10.2 Å². The molecule has 0 aliphatic carbocycles. The fraction of sp³-hybridized carbons (Fsp3) is 0.133. The lowest BCUT2D eigenvalue weighted by atomic mass is 10.3. The molecular weight excluding hydrogens is 316 g/mol. The zero-order chi connectivity index (χ0) is 16.2. The van der Waals surface area contributed by atoms with Crippen LogP contribution in [0.3, 0.4) is 0 Å². The average Bonchev–Trinajstić information content (AvgIpc) is 3.22. The largest absolute Gasteiger partial charge is 0.493 e. The van der Waals surface area contributed by atoms with E-state index in [0.29, 0.717) is 22.9 Å². The van der Waals surface area contributed by atoms with Gasteiger partial charge in [-0.3, -0.25) is 15.0 Å². The Hall–Kier alpha value is -2.87.